The highest BCUT2D eigenvalue weighted by molar-refractivity contribution is 7.30. The van der Waals surface area contributed by atoms with Gasteiger partial charge in [-0.25, -0.2) is 4.98 Å². The van der Waals surface area contributed by atoms with Crippen LogP contribution in [0.1, 0.15) is 25.7 Å². The third kappa shape index (κ3) is 2.64. The summed E-state index contributed by atoms with van der Waals surface area (Å²) in [7, 11) is 0. The molecule has 0 spiro atoms. The third-order valence-electron chi connectivity index (χ3n) is 5.00. The molecule has 1 aliphatic rings. The highest BCUT2D eigenvalue weighted by atomic mass is 32.1. The van der Waals surface area contributed by atoms with Gasteiger partial charge in [0.2, 0.25) is 0 Å². The van der Waals surface area contributed by atoms with Gasteiger partial charge in [-0.15, -0.1) is 34.0 Å². The molecule has 0 saturated carbocycles. The van der Waals surface area contributed by atoms with Crippen LogP contribution in [0, 0.1) is 0 Å². The van der Waals surface area contributed by atoms with Gasteiger partial charge in [0.05, 0.1) is 10.3 Å². The van der Waals surface area contributed by atoms with E-state index in [2.05, 4.69) is 22.5 Å². The number of nitrogens with zero attached hydrogens (tertiary/aromatic N) is 1. The second kappa shape index (κ2) is 6.29. The molecule has 0 amide bonds. The van der Waals surface area contributed by atoms with E-state index in [1.165, 1.54) is 21.1 Å². The molecule has 0 radical (unpaired) electrons. The van der Waals surface area contributed by atoms with Crippen molar-refractivity contribution in [1.29, 1.82) is 0 Å². The molecule has 0 aliphatic heterocycles. The van der Waals surface area contributed by atoms with Crippen molar-refractivity contribution in [3.05, 3.63) is 81.7 Å². The van der Waals surface area contributed by atoms with Gasteiger partial charge >= 0.3 is 0 Å². The minimum Gasteiger partial charge on any atom is -0.288 e. The number of thiazole rings is 1. The molecule has 0 unspecified atom stereocenters. The maximum absolute atomic E-state index is 12.9. The van der Waals surface area contributed by atoms with Crippen LogP contribution in [0.4, 0.5) is 0 Å². The molecular weight excluding hydrogens is 418 g/mol. The van der Waals surface area contributed by atoms with Gasteiger partial charge in [0.1, 0.15) is 9.84 Å². The first-order valence-electron chi connectivity index (χ1n) is 8.95. The van der Waals surface area contributed by atoms with E-state index in [1.54, 1.807) is 28.7 Å². The minimum absolute atomic E-state index is 0.204. The Morgan fingerprint density at radius 2 is 1.52 bits per heavy atom. The molecule has 0 atom stereocenters. The van der Waals surface area contributed by atoms with Crippen LogP contribution in [-0.4, -0.2) is 16.6 Å². The second-order valence-electron chi connectivity index (χ2n) is 6.77. The number of ketones is 2. The van der Waals surface area contributed by atoms with Crippen molar-refractivity contribution in [2.24, 2.45) is 0 Å². The lowest BCUT2D eigenvalue weighted by molar-refractivity contribution is 0.0990. The summed E-state index contributed by atoms with van der Waals surface area (Å²) >= 11 is 4.85. The van der Waals surface area contributed by atoms with E-state index in [0.717, 1.165) is 20.3 Å². The summed E-state index contributed by atoms with van der Waals surface area (Å²) in [5.74, 6) is -0.429. The Morgan fingerprint density at radius 3 is 2.14 bits per heavy atom. The standard InChI is InChI=1S/C23H11NO2S3/c25-21-14-8-12-4-1-2-5-13(12)9-15(14)22(26)16(21)10-20-24-23-19(28-20)11-18(29-23)17-6-3-7-27-17/h1-11H. The van der Waals surface area contributed by atoms with E-state index in [-0.39, 0.29) is 17.1 Å². The topological polar surface area (TPSA) is 47.0 Å². The highest BCUT2D eigenvalue weighted by Crippen LogP contribution is 2.39. The molecule has 29 heavy (non-hydrogen) atoms. The van der Waals surface area contributed by atoms with Crippen LogP contribution in [0.5, 0.6) is 0 Å². The van der Waals surface area contributed by atoms with E-state index in [4.69, 9.17) is 0 Å². The quantitative estimate of drug-likeness (QED) is 0.232. The third-order valence-corrected chi connectivity index (χ3v) is 8.18. The molecular formula is C23H11NO2S3. The Hall–Kier alpha value is -2.93. The Bertz CT molecular complexity index is 1400. The van der Waals surface area contributed by atoms with Gasteiger partial charge in [-0.3, -0.25) is 9.59 Å². The second-order valence-corrected chi connectivity index (χ2v) is 9.81. The highest BCUT2D eigenvalue weighted by Gasteiger charge is 2.33. The number of hydrogen-bond acceptors (Lipinski definition) is 6. The first-order valence-corrected chi connectivity index (χ1v) is 11.5. The van der Waals surface area contributed by atoms with E-state index in [0.29, 0.717) is 16.1 Å². The molecule has 0 bridgehead atoms. The fraction of sp³-hybridized carbons (Fsp3) is 0. The molecule has 138 valence electrons. The van der Waals surface area contributed by atoms with Crippen molar-refractivity contribution in [3.63, 3.8) is 0 Å². The first-order chi connectivity index (χ1) is 14.2. The van der Waals surface area contributed by atoms with Crippen LogP contribution in [0.3, 0.4) is 0 Å². The molecule has 3 nitrogen and oxygen atoms in total. The van der Waals surface area contributed by atoms with Crippen molar-refractivity contribution in [3.8, 4) is 9.75 Å². The zero-order valence-electron chi connectivity index (χ0n) is 14.8. The van der Waals surface area contributed by atoms with Crippen LogP contribution in [-0.2, 0) is 0 Å². The molecule has 0 saturated heterocycles. The van der Waals surface area contributed by atoms with Gasteiger partial charge in [-0.2, -0.15) is 0 Å². The number of allylic oxidation sites excluding steroid dienone is 1. The largest absolute Gasteiger partial charge is 0.288 e. The average Bonchev–Trinajstić information content (AvgIpc) is 3.48. The lowest BCUT2D eigenvalue weighted by atomic mass is 10.0. The minimum atomic E-state index is -0.214. The lowest BCUT2D eigenvalue weighted by Crippen LogP contribution is -1.99. The number of thiophene rings is 2. The van der Waals surface area contributed by atoms with E-state index >= 15 is 0 Å². The Morgan fingerprint density at radius 1 is 0.793 bits per heavy atom. The van der Waals surface area contributed by atoms with E-state index < -0.39 is 0 Å². The zero-order chi connectivity index (χ0) is 19.5. The summed E-state index contributed by atoms with van der Waals surface area (Å²) in [6.45, 7) is 0. The number of Topliss-reactive ketones (excluding diaryl/α,β-unsaturated/α-hetero) is 2. The van der Waals surface area contributed by atoms with Crippen LogP contribution >= 0.6 is 34.0 Å². The average molecular weight is 430 g/mol. The smallest absolute Gasteiger partial charge is 0.197 e. The summed E-state index contributed by atoms with van der Waals surface area (Å²) in [6.07, 6.45) is 1.65. The van der Waals surface area contributed by atoms with Gasteiger partial charge in [0.15, 0.2) is 11.6 Å². The Kier molecular flexibility index (Phi) is 3.68. The van der Waals surface area contributed by atoms with Gasteiger partial charge in [0, 0.05) is 20.9 Å². The number of aromatic nitrogens is 1. The first kappa shape index (κ1) is 17.0. The fourth-order valence-corrected chi connectivity index (χ4v) is 6.61. The molecule has 6 heteroatoms. The Balaban J connectivity index is 1.41. The van der Waals surface area contributed by atoms with Crippen molar-refractivity contribution >= 4 is 72.0 Å². The number of benzene rings is 2. The van der Waals surface area contributed by atoms with Gasteiger partial charge in [0.25, 0.3) is 0 Å². The summed E-state index contributed by atoms with van der Waals surface area (Å²) < 4.78 is 1.08. The SMILES string of the molecule is O=C1C(=Cc2nc3sc(-c4cccs4)cc3s2)C(=O)c2cc3ccccc3cc21. The maximum atomic E-state index is 12.9. The normalized spacial score (nSPS) is 13.6. The lowest BCUT2D eigenvalue weighted by Gasteiger charge is -2.00. The number of hydrogen-bond donors (Lipinski definition) is 0. The van der Waals surface area contributed by atoms with Crippen LogP contribution in [0.2, 0.25) is 0 Å². The monoisotopic (exact) mass is 429 g/mol. The van der Waals surface area contributed by atoms with E-state index in [1.807, 2.05) is 42.5 Å². The molecule has 5 aromatic rings. The summed E-state index contributed by atoms with van der Waals surface area (Å²) in [5.41, 5.74) is 1.17. The van der Waals surface area contributed by atoms with Gasteiger partial charge in [-0.05, 0) is 46.5 Å². The zero-order valence-corrected chi connectivity index (χ0v) is 17.3. The summed E-state index contributed by atoms with van der Waals surface area (Å²) in [4.78, 5) is 33.8. The number of carbonyl (C=O) groups is 2. The predicted octanol–water partition coefficient (Wildman–Crippen LogP) is 6.70. The maximum Gasteiger partial charge on any atom is 0.197 e. The van der Waals surface area contributed by atoms with Crippen molar-refractivity contribution in [1.82, 2.24) is 4.98 Å². The summed E-state index contributed by atoms with van der Waals surface area (Å²) in [6, 6.07) is 17.7. The van der Waals surface area contributed by atoms with Crippen molar-refractivity contribution in [2.75, 3.05) is 0 Å². The molecule has 6 rings (SSSR count). The predicted molar refractivity (Wildman–Crippen MR) is 121 cm³/mol. The molecule has 1 aliphatic carbocycles. The number of fused-ring (bicyclic) bond motifs is 3. The molecule has 0 N–H and O–H groups in total. The molecule has 3 heterocycles. The summed E-state index contributed by atoms with van der Waals surface area (Å²) in [5, 5.41) is 4.68. The van der Waals surface area contributed by atoms with Crippen LogP contribution in [0.25, 0.3) is 36.1 Å². The van der Waals surface area contributed by atoms with Crippen LogP contribution in [0.15, 0.2) is 65.6 Å². The van der Waals surface area contributed by atoms with Gasteiger partial charge in [-0.1, -0.05) is 30.3 Å². The molecule has 3 aromatic heterocycles. The van der Waals surface area contributed by atoms with Gasteiger partial charge < -0.3 is 0 Å². The van der Waals surface area contributed by atoms with Crippen LogP contribution < -0.4 is 0 Å². The fourth-order valence-electron chi connectivity index (χ4n) is 3.62. The van der Waals surface area contributed by atoms with E-state index in [9.17, 15) is 9.59 Å². The Labute approximate surface area is 177 Å². The number of rotatable bonds is 2. The van der Waals surface area contributed by atoms with Crippen molar-refractivity contribution < 1.29 is 9.59 Å². The van der Waals surface area contributed by atoms with Crippen molar-refractivity contribution in [2.45, 2.75) is 0 Å². The molecule has 2 aromatic carbocycles. The molecule has 0 fully saturated rings. The number of carbonyl (C=O) groups excluding carboxylic acids is 2.